The van der Waals surface area contributed by atoms with Crippen LogP contribution >= 0.6 is 0 Å². The molecule has 0 aliphatic rings. The van der Waals surface area contributed by atoms with Crippen molar-refractivity contribution in [2.24, 2.45) is 0 Å². The molecule has 0 aliphatic heterocycles. The second kappa shape index (κ2) is 5.75. The van der Waals surface area contributed by atoms with Gasteiger partial charge in [-0.25, -0.2) is 4.39 Å². The van der Waals surface area contributed by atoms with Gasteiger partial charge in [-0.15, -0.1) is 0 Å². The van der Waals surface area contributed by atoms with Crippen LogP contribution in [0.1, 0.15) is 23.7 Å². The first-order chi connectivity index (χ1) is 7.97. The minimum absolute atomic E-state index is 0.0265. The number of benzene rings is 1. The number of methoxy groups -OCH3 is 1. The molecule has 2 N–H and O–H groups in total. The van der Waals surface area contributed by atoms with Crippen molar-refractivity contribution >= 4 is 5.97 Å². The van der Waals surface area contributed by atoms with Crippen molar-refractivity contribution in [3.8, 4) is 0 Å². The van der Waals surface area contributed by atoms with E-state index in [0.717, 1.165) is 0 Å². The van der Waals surface area contributed by atoms with Gasteiger partial charge in [-0.3, -0.25) is 4.79 Å². The Labute approximate surface area is 98.7 Å². The van der Waals surface area contributed by atoms with E-state index < -0.39 is 24.0 Å². The molecule has 1 aromatic carbocycles. The van der Waals surface area contributed by atoms with Gasteiger partial charge in [0.05, 0.1) is 19.6 Å². The third kappa shape index (κ3) is 3.25. The van der Waals surface area contributed by atoms with Crippen molar-refractivity contribution in [3.63, 3.8) is 0 Å². The van der Waals surface area contributed by atoms with Gasteiger partial charge in [0.15, 0.2) is 0 Å². The maximum Gasteiger partial charge on any atom is 0.308 e. The van der Waals surface area contributed by atoms with Gasteiger partial charge in [-0.2, -0.15) is 0 Å². The molecule has 1 aromatic rings. The standard InChI is InChI=1S/C12H15FO4/c1-7-4-3-5-8(11(7)13)12(16)9(14)6-10(15)17-2/h3-5,9,12,14,16H,6H2,1-2H3. The van der Waals surface area contributed by atoms with Crippen LogP contribution in [0.15, 0.2) is 18.2 Å². The molecule has 5 heteroatoms. The van der Waals surface area contributed by atoms with Crippen LogP contribution < -0.4 is 0 Å². The summed E-state index contributed by atoms with van der Waals surface area (Å²) in [6, 6.07) is 4.49. The van der Waals surface area contributed by atoms with Crippen LogP contribution in [-0.2, 0) is 9.53 Å². The summed E-state index contributed by atoms with van der Waals surface area (Å²) >= 11 is 0. The number of carbonyl (C=O) groups is 1. The van der Waals surface area contributed by atoms with Gasteiger partial charge in [0.2, 0.25) is 0 Å². The van der Waals surface area contributed by atoms with Gasteiger partial charge in [-0.05, 0) is 12.5 Å². The molecular formula is C12H15FO4. The molecule has 0 saturated heterocycles. The van der Waals surface area contributed by atoms with E-state index in [1.807, 2.05) is 0 Å². The summed E-state index contributed by atoms with van der Waals surface area (Å²) in [5.41, 5.74) is 0.341. The van der Waals surface area contributed by atoms with Crippen LogP contribution in [0, 0.1) is 12.7 Å². The Kier molecular flexibility index (Phi) is 4.60. The maximum atomic E-state index is 13.6. The van der Waals surface area contributed by atoms with Gasteiger partial charge in [0.25, 0.3) is 0 Å². The van der Waals surface area contributed by atoms with Crippen LogP contribution in [0.25, 0.3) is 0 Å². The van der Waals surface area contributed by atoms with Crippen molar-refractivity contribution in [2.45, 2.75) is 25.6 Å². The third-order valence-electron chi connectivity index (χ3n) is 2.51. The number of rotatable bonds is 4. The van der Waals surface area contributed by atoms with E-state index in [2.05, 4.69) is 4.74 Å². The molecular weight excluding hydrogens is 227 g/mol. The van der Waals surface area contributed by atoms with Crippen LogP contribution in [0.4, 0.5) is 4.39 Å². The van der Waals surface area contributed by atoms with Gasteiger partial charge in [0.1, 0.15) is 11.9 Å². The van der Waals surface area contributed by atoms with Crippen molar-refractivity contribution in [1.29, 1.82) is 0 Å². The van der Waals surface area contributed by atoms with Crippen molar-refractivity contribution in [1.82, 2.24) is 0 Å². The summed E-state index contributed by atoms with van der Waals surface area (Å²) in [7, 11) is 1.18. The van der Waals surface area contributed by atoms with E-state index in [-0.39, 0.29) is 12.0 Å². The summed E-state index contributed by atoms with van der Waals surface area (Å²) in [4.78, 5) is 10.9. The number of carbonyl (C=O) groups excluding carboxylic acids is 1. The van der Waals surface area contributed by atoms with Gasteiger partial charge in [0, 0.05) is 5.56 Å². The smallest absolute Gasteiger partial charge is 0.308 e. The fourth-order valence-corrected chi connectivity index (χ4v) is 1.47. The second-order valence-electron chi connectivity index (χ2n) is 3.77. The van der Waals surface area contributed by atoms with Crippen LogP contribution in [0.3, 0.4) is 0 Å². The fourth-order valence-electron chi connectivity index (χ4n) is 1.47. The predicted octanol–water partition coefficient (Wildman–Crippen LogP) is 1.09. The first-order valence-corrected chi connectivity index (χ1v) is 5.15. The van der Waals surface area contributed by atoms with Crippen molar-refractivity contribution < 1.29 is 24.1 Å². The topological polar surface area (TPSA) is 66.8 Å². The van der Waals surface area contributed by atoms with Crippen LogP contribution in [0.2, 0.25) is 0 Å². The Hall–Kier alpha value is -1.46. The molecule has 0 radical (unpaired) electrons. The molecule has 0 heterocycles. The number of hydrogen-bond donors (Lipinski definition) is 2. The molecule has 2 unspecified atom stereocenters. The average molecular weight is 242 g/mol. The number of halogens is 1. The molecule has 0 saturated carbocycles. The zero-order valence-electron chi connectivity index (χ0n) is 9.68. The zero-order valence-corrected chi connectivity index (χ0v) is 9.68. The van der Waals surface area contributed by atoms with E-state index in [4.69, 9.17) is 0 Å². The highest BCUT2D eigenvalue weighted by Crippen LogP contribution is 2.23. The summed E-state index contributed by atoms with van der Waals surface area (Å²) in [5, 5.41) is 19.3. The lowest BCUT2D eigenvalue weighted by atomic mass is 10.00. The summed E-state index contributed by atoms with van der Waals surface area (Å²) < 4.78 is 18.0. The largest absolute Gasteiger partial charge is 0.469 e. The number of aliphatic hydroxyl groups is 2. The van der Waals surface area contributed by atoms with Gasteiger partial charge < -0.3 is 14.9 Å². The first kappa shape index (κ1) is 13.6. The van der Waals surface area contributed by atoms with Crippen LogP contribution in [-0.4, -0.2) is 29.4 Å². The lowest BCUT2D eigenvalue weighted by Gasteiger charge is -2.18. The van der Waals surface area contributed by atoms with E-state index in [1.54, 1.807) is 19.1 Å². The maximum absolute atomic E-state index is 13.6. The van der Waals surface area contributed by atoms with E-state index in [1.165, 1.54) is 13.2 Å². The Balaban J connectivity index is 2.85. The normalized spacial score (nSPS) is 14.2. The Bertz CT molecular complexity index is 405. The summed E-state index contributed by atoms with van der Waals surface area (Å²) in [6.45, 7) is 1.55. The molecule has 94 valence electrons. The molecule has 1 rings (SSSR count). The molecule has 4 nitrogen and oxygen atoms in total. The minimum Gasteiger partial charge on any atom is -0.469 e. The quantitative estimate of drug-likeness (QED) is 0.776. The lowest BCUT2D eigenvalue weighted by Crippen LogP contribution is -2.23. The van der Waals surface area contributed by atoms with Crippen LogP contribution in [0.5, 0.6) is 0 Å². The summed E-state index contributed by atoms with van der Waals surface area (Å²) in [5.74, 6) is -1.24. The Morgan fingerprint density at radius 1 is 1.47 bits per heavy atom. The monoisotopic (exact) mass is 242 g/mol. The second-order valence-corrected chi connectivity index (χ2v) is 3.77. The first-order valence-electron chi connectivity index (χ1n) is 5.15. The minimum atomic E-state index is -1.45. The molecule has 0 aromatic heterocycles. The lowest BCUT2D eigenvalue weighted by molar-refractivity contribution is -0.144. The number of hydrogen-bond acceptors (Lipinski definition) is 4. The summed E-state index contributed by atoms with van der Waals surface area (Å²) in [6.07, 6.45) is -3.22. The highest BCUT2D eigenvalue weighted by atomic mass is 19.1. The number of esters is 1. The highest BCUT2D eigenvalue weighted by molar-refractivity contribution is 5.69. The van der Waals surface area contributed by atoms with E-state index in [9.17, 15) is 19.4 Å². The van der Waals surface area contributed by atoms with Crippen molar-refractivity contribution in [3.05, 3.63) is 35.1 Å². The number of ether oxygens (including phenoxy) is 1. The third-order valence-corrected chi connectivity index (χ3v) is 2.51. The van der Waals surface area contributed by atoms with Gasteiger partial charge >= 0.3 is 5.97 Å². The number of aryl methyl sites for hydroxylation is 1. The Morgan fingerprint density at radius 2 is 2.12 bits per heavy atom. The highest BCUT2D eigenvalue weighted by Gasteiger charge is 2.24. The molecule has 0 bridgehead atoms. The molecule has 0 amide bonds. The average Bonchev–Trinajstić information content (AvgIpc) is 2.31. The Morgan fingerprint density at radius 3 is 2.71 bits per heavy atom. The van der Waals surface area contributed by atoms with Gasteiger partial charge in [-0.1, -0.05) is 18.2 Å². The molecule has 2 atom stereocenters. The van der Waals surface area contributed by atoms with E-state index in [0.29, 0.717) is 5.56 Å². The van der Waals surface area contributed by atoms with E-state index >= 15 is 0 Å². The number of aliphatic hydroxyl groups excluding tert-OH is 2. The predicted molar refractivity (Wildman–Crippen MR) is 58.7 cm³/mol. The zero-order chi connectivity index (χ0) is 13.0. The molecule has 0 fully saturated rings. The molecule has 0 aliphatic carbocycles. The molecule has 0 spiro atoms. The fraction of sp³-hybridized carbons (Fsp3) is 0.417. The van der Waals surface area contributed by atoms with Crippen molar-refractivity contribution in [2.75, 3.05) is 7.11 Å². The molecule has 17 heavy (non-hydrogen) atoms. The SMILES string of the molecule is COC(=O)CC(O)C(O)c1cccc(C)c1F.